The third-order valence-electron chi connectivity index (χ3n) is 3.94. The van der Waals surface area contributed by atoms with Crippen LogP contribution in [0.4, 0.5) is 11.4 Å². The summed E-state index contributed by atoms with van der Waals surface area (Å²) in [5, 5.41) is 3.24. The topological polar surface area (TPSA) is 71.5 Å². The molecule has 0 unspecified atom stereocenters. The number of ether oxygens (including phenoxy) is 1. The van der Waals surface area contributed by atoms with Crippen molar-refractivity contribution < 1.29 is 14.3 Å². The molecule has 0 bridgehead atoms. The normalized spacial score (nSPS) is 10.3. The van der Waals surface area contributed by atoms with Gasteiger partial charge in [0, 0.05) is 30.7 Å². The van der Waals surface area contributed by atoms with Crippen LogP contribution in [0.2, 0.25) is 0 Å². The monoisotopic (exact) mass is 369 g/mol. The molecule has 0 aliphatic rings. The second-order valence-corrected chi connectivity index (χ2v) is 6.14. The molecule has 1 aromatic heterocycles. The Morgan fingerprint density at radius 2 is 1.67 bits per heavy atom. The fraction of sp³-hybridized carbons (Fsp3) is 0.381. The van der Waals surface area contributed by atoms with Gasteiger partial charge in [0.05, 0.1) is 12.2 Å². The van der Waals surface area contributed by atoms with Gasteiger partial charge in [-0.05, 0) is 56.2 Å². The summed E-state index contributed by atoms with van der Waals surface area (Å²) in [6.07, 6.45) is 3.45. The number of nitrogens with zero attached hydrogens (tertiary/aromatic N) is 2. The van der Waals surface area contributed by atoms with E-state index < -0.39 is 0 Å². The molecule has 0 aliphatic carbocycles. The molecule has 0 fully saturated rings. The zero-order chi connectivity index (χ0) is 19.6. The smallest absolute Gasteiger partial charge is 0.338 e. The minimum Gasteiger partial charge on any atom is -0.462 e. The quantitative estimate of drug-likeness (QED) is 0.669. The Bertz CT molecular complexity index is 754. The molecular formula is C21H27N3O3. The van der Waals surface area contributed by atoms with Crippen molar-refractivity contribution in [2.45, 2.75) is 33.6 Å². The molecule has 0 spiro atoms. The van der Waals surface area contributed by atoms with Crippen LogP contribution in [0.15, 0.2) is 42.6 Å². The van der Waals surface area contributed by atoms with Crippen LogP contribution in [0.1, 0.15) is 54.5 Å². The highest BCUT2D eigenvalue weighted by Crippen LogP contribution is 2.18. The molecule has 1 aromatic carbocycles. The van der Waals surface area contributed by atoms with E-state index in [1.807, 2.05) is 4.90 Å². The number of anilines is 2. The minimum absolute atomic E-state index is 0.0555. The van der Waals surface area contributed by atoms with Gasteiger partial charge in [-0.25, -0.2) is 4.79 Å². The zero-order valence-electron chi connectivity index (χ0n) is 16.2. The number of hydrogen-bond acceptors (Lipinski definition) is 5. The standard InChI is InChI=1S/C21H27N3O3/c1-4-13-24(14-5-2)20(25)19-15-18(11-12-22-19)23-17-9-7-16(8-10-17)21(26)27-6-3/h7-12,15H,4-6,13-14H2,1-3H3,(H,22,23). The lowest BCUT2D eigenvalue weighted by atomic mass is 10.2. The van der Waals surface area contributed by atoms with Gasteiger partial charge in [-0.1, -0.05) is 13.8 Å². The molecular weight excluding hydrogens is 342 g/mol. The van der Waals surface area contributed by atoms with E-state index in [0.717, 1.165) is 37.3 Å². The van der Waals surface area contributed by atoms with Crippen LogP contribution in [0.5, 0.6) is 0 Å². The largest absolute Gasteiger partial charge is 0.462 e. The van der Waals surface area contributed by atoms with Crippen molar-refractivity contribution in [3.63, 3.8) is 0 Å². The van der Waals surface area contributed by atoms with Crippen molar-refractivity contribution in [3.8, 4) is 0 Å². The van der Waals surface area contributed by atoms with Crippen LogP contribution >= 0.6 is 0 Å². The number of hydrogen-bond donors (Lipinski definition) is 1. The first-order valence-electron chi connectivity index (χ1n) is 9.38. The Morgan fingerprint density at radius 1 is 1.00 bits per heavy atom. The molecule has 0 saturated carbocycles. The second kappa shape index (κ2) is 10.3. The fourth-order valence-electron chi connectivity index (χ4n) is 2.71. The van der Waals surface area contributed by atoms with E-state index in [4.69, 9.17) is 4.74 Å². The van der Waals surface area contributed by atoms with Crippen molar-refractivity contribution in [3.05, 3.63) is 53.9 Å². The van der Waals surface area contributed by atoms with Gasteiger partial charge in [-0.15, -0.1) is 0 Å². The molecule has 0 radical (unpaired) electrons. The zero-order valence-corrected chi connectivity index (χ0v) is 16.2. The number of pyridine rings is 1. The van der Waals surface area contributed by atoms with Gasteiger partial charge in [-0.3, -0.25) is 9.78 Å². The molecule has 2 rings (SSSR count). The average molecular weight is 369 g/mol. The number of esters is 1. The molecule has 0 saturated heterocycles. The Labute approximate surface area is 160 Å². The Morgan fingerprint density at radius 3 is 2.26 bits per heavy atom. The first kappa shape index (κ1) is 20.4. The van der Waals surface area contributed by atoms with E-state index in [9.17, 15) is 9.59 Å². The Kier molecular flexibility index (Phi) is 7.79. The van der Waals surface area contributed by atoms with Gasteiger partial charge < -0.3 is 15.0 Å². The predicted octanol–water partition coefficient (Wildman–Crippen LogP) is 4.26. The molecule has 6 nitrogen and oxygen atoms in total. The second-order valence-electron chi connectivity index (χ2n) is 6.14. The van der Waals surface area contributed by atoms with Gasteiger partial charge in [0.1, 0.15) is 5.69 Å². The average Bonchev–Trinajstić information content (AvgIpc) is 2.68. The van der Waals surface area contributed by atoms with Crippen LogP contribution < -0.4 is 5.32 Å². The third-order valence-corrected chi connectivity index (χ3v) is 3.94. The lowest BCUT2D eigenvalue weighted by molar-refractivity contribution is 0.0526. The highest BCUT2D eigenvalue weighted by molar-refractivity contribution is 5.93. The molecule has 6 heteroatoms. The van der Waals surface area contributed by atoms with E-state index in [0.29, 0.717) is 17.9 Å². The lowest BCUT2D eigenvalue weighted by Gasteiger charge is -2.21. The van der Waals surface area contributed by atoms with Crippen molar-refractivity contribution in [1.82, 2.24) is 9.88 Å². The highest BCUT2D eigenvalue weighted by Gasteiger charge is 2.16. The molecule has 1 amide bonds. The van der Waals surface area contributed by atoms with E-state index in [1.54, 1.807) is 49.5 Å². The summed E-state index contributed by atoms with van der Waals surface area (Å²) in [6.45, 7) is 7.68. The van der Waals surface area contributed by atoms with Crippen LogP contribution in [-0.2, 0) is 4.74 Å². The summed E-state index contributed by atoms with van der Waals surface area (Å²) in [5.74, 6) is -0.396. The van der Waals surface area contributed by atoms with Gasteiger partial charge in [-0.2, -0.15) is 0 Å². The van der Waals surface area contributed by atoms with Crippen molar-refractivity contribution in [1.29, 1.82) is 0 Å². The number of carbonyl (C=O) groups excluding carboxylic acids is 2. The molecule has 1 N–H and O–H groups in total. The minimum atomic E-state index is -0.340. The summed E-state index contributed by atoms with van der Waals surface area (Å²) >= 11 is 0. The summed E-state index contributed by atoms with van der Waals surface area (Å²) in [6, 6.07) is 10.6. The first-order valence-corrected chi connectivity index (χ1v) is 9.38. The van der Waals surface area contributed by atoms with Crippen LogP contribution in [-0.4, -0.2) is 41.5 Å². The number of nitrogens with one attached hydrogen (secondary N) is 1. The highest BCUT2D eigenvalue weighted by atomic mass is 16.5. The third kappa shape index (κ3) is 5.81. The predicted molar refractivity (Wildman–Crippen MR) is 106 cm³/mol. The van der Waals surface area contributed by atoms with Crippen molar-refractivity contribution >= 4 is 23.3 Å². The van der Waals surface area contributed by atoms with Crippen LogP contribution in [0.3, 0.4) is 0 Å². The summed E-state index contributed by atoms with van der Waals surface area (Å²) in [4.78, 5) is 30.5. The summed E-state index contributed by atoms with van der Waals surface area (Å²) in [7, 11) is 0. The maximum atomic E-state index is 12.7. The van der Waals surface area contributed by atoms with E-state index in [2.05, 4.69) is 24.1 Å². The lowest BCUT2D eigenvalue weighted by Crippen LogP contribution is -2.33. The first-order chi connectivity index (χ1) is 13.1. The van der Waals surface area contributed by atoms with E-state index in [-0.39, 0.29) is 11.9 Å². The molecule has 144 valence electrons. The SMILES string of the molecule is CCCN(CCC)C(=O)c1cc(Nc2ccc(C(=O)OCC)cc2)ccn1. The Balaban J connectivity index is 2.11. The molecule has 2 aromatic rings. The maximum absolute atomic E-state index is 12.7. The molecule has 0 atom stereocenters. The fourth-order valence-corrected chi connectivity index (χ4v) is 2.71. The van der Waals surface area contributed by atoms with Gasteiger partial charge in [0.15, 0.2) is 0 Å². The summed E-state index contributed by atoms with van der Waals surface area (Å²) in [5.41, 5.74) is 2.50. The molecule has 1 heterocycles. The van der Waals surface area contributed by atoms with Crippen molar-refractivity contribution in [2.24, 2.45) is 0 Å². The number of carbonyl (C=O) groups is 2. The number of rotatable bonds is 9. The van der Waals surface area contributed by atoms with Gasteiger partial charge >= 0.3 is 5.97 Å². The van der Waals surface area contributed by atoms with Crippen LogP contribution in [0, 0.1) is 0 Å². The summed E-state index contributed by atoms with van der Waals surface area (Å²) < 4.78 is 4.98. The van der Waals surface area contributed by atoms with E-state index in [1.165, 1.54) is 0 Å². The molecule has 27 heavy (non-hydrogen) atoms. The van der Waals surface area contributed by atoms with E-state index >= 15 is 0 Å². The van der Waals surface area contributed by atoms with Crippen molar-refractivity contribution in [2.75, 3.05) is 25.0 Å². The maximum Gasteiger partial charge on any atom is 0.338 e. The molecule has 0 aliphatic heterocycles. The van der Waals surface area contributed by atoms with Gasteiger partial charge in [0.25, 0.3) is 5.91 Å². The Hall–Kier alpha value is -2.89. The number of aromatic nitrogens is 1. The van der Waals surface area contributed by atoms with Gasteiger partial charge in [0.2, 0.25) is 0 Å². The number of amides is 1. The van der Waals surface area contributed by atoms with Crippen LogP contribution in [0.25, 0.3) is 0 Å². The number of benzene rings is 1.